The van der Waals surface area contributed by atoms with Gasteiger partial charge in [-0.25, -0.2) is 0 Å². The third-order valence-electron chi connectivity index (χ3n) is 5.10. The zero-order chi connectivity index (χ0) is 19.0. The van der Waals surface area contributed by atoms with Crippen molar-refractivity contribution in [3.63, 3.8) is 0 Å². The number of carbonyl (C=O) groups excluding carboxylic acids is 2. The van der Waals surface area contributed by atoms with Crippen LogP contribution in [0, 0.1) is 0 Å². The van der Waals surface area contributed by atoms with Gasteiger partial charge in [-0.2, -0.15) is 0 Å². The van der Waals surface area contributed by atoms with Crippen LogP contribution in [0.25, 0.3) is 0 Å². The van der Waals surface area contributed by atoms with Crippen molar-refractivity contribution in [3.05, 3.63) is 58.1 Å². The molecule has 0 radical (unpaired) electrons. The van der Waals surface area contributed by atoms with E-state index in [1.807, 2.05) is 24.3 Å². The molecule has 0 aromatic heterocycles. The van der Waals surface area contributed by atoms with E-state index in [4.69, 9.17) is 23.2 Å². The van der Waals surface area contributed by atoms with Gasteiger partial charge < -0.3 is 15.5 Å². The van der Waals surface area contributed by atoms with Gasteiger partial charge >= 0.3 is 0 Å². The number of hydrogen-bond acceptors (Lipinski definition) is 3. The average molecular weight is 404 g/mol. The van der Waals surface area contributed by atoms with E-state index in [-0.39, 0.29) is 23.9 Å². The Kier molecular flexibility index (Phi) is 4.98. The lowest BCUT2D eigenvalue weighted by molar-refractivity contribution is -0.122. The number of fused-ring (bicyclic) bond motifs is 3. The second-order valence-corrected chi connectivity index (χ2v) is 7.69. The molecule has 2 atom stereocenters. The number of anilines is 2. The van der Waals surface area contributed by atoms with Crippen LogP contribution in [0.3, 0.4) is 0 Å². The quantitative estimate of drug-likeness (QED) is 0.818. The lowest BCUT2D eigenvalue weighted by Crippen LogP contribution is -2.44. The molecule has 2 N–H and O–H groups in total. The first-order chi connectivity index (χ1) is 13.0. The molecule has 140 valence electrons. The summed E-state index contributed by atoms with van der Waals surface area (Å²) in [7, 11) is 0. The van der Waals surface area contributed by atoms with Gasteiger partial charge in [0.25, 0.3) is 0 Å². The Labute approximate surface area is 167 Å². The van der Waals surface area contributed by atoms with Crippen LogP contribution in [-0.2, 0) is 16.0 Å². The summed E-state index contributed by atoms with van der Waals surface area (Å²) in [5.74, 6) is -0.0853. The molecule has 2 aromatic rings. The lowest BCUT2D eigenvalue weighted by Gasteiger charge is -2.32. The monoisotopic (exact) mass is 403 g/mol. The van der Waals surface area contributed by atoms with Crippen LogP contribution in [-0.4, -0.2) is 30.4 Å². The summed E-state index contributed by atoms with van der Waals surface area (Å²) in [5, 5.41) is 7.13. The molecule has 0 aliphatic carbocycles. The Morgan fingerprint density at radius 1 is 1.15 bits per heavy atom. The molecular formula is C20H19Cl2N3O2. The highest BCUT2D eigenvalue weighted by Gasteiger charge is 2.41. The van der Waals surface area contributed by atoms with Gasteiger partial charge in [0.05, 0.1) is 11.4 Å². The van der Waals surface area contributed by atoms with Crippen molar-refractivity contribution in [2.24, 2.45) is 0 Å². The van der Waals surface area contributed by atoms with Crippen molar-refractivity contribution < 1.29 is 9.59 Å². The molecule has 2 unspecified atom stereocenters. The zero-order valence-electron chi connectivity index (χ0n) is 14.5. The van der Waals surface area contributed by atoms with E-state index in [2.05, 4.69) is 15.5 Å². The molecule has 2 aliphatic heterocycles. The van der Waals surface area contributed by atoms with Gasteiger partial charge in [-0.1, -0.05) is 41.4 Å². The minimum atomic E-state index is -0.247. The van der Waals surface area contributed by atoms with Crippen molar-refractivity contribution in [2.45, 2.75) is 31.3 Å². The molecule has 1 fully saturated rings. The molecule has 2 aliphatic rings. The number of carbonyl (C=O) groups is 2. The predicted molar refractivity (Wildman–Crippen MR) is 108 cm³/mol. The largest absolute Gasteiger partial charge is 0.356 e. The van der Waals surface area contributed by atoms with E-state index in [0.717, 1.165) is 16.9 Å². The van der Waals surface area contributed by atoms with Gasteiger partial charge in [-0.15, -0.1) is 0 Å². The fourth-order valence-corrected chi connectivity index (χ4v) is 4.40. The van der Waals surface area contributed by atoms with Gasteiger partial charge in [-0.05, 0) is 42.7 Å². The first-order valence-electron chi connectivity index (χ1n) is 8.91. The van der Waals surface area contributed by atoms with E-state index in [0.29, 0.717) is 35.9 Å². The third-order valence-corrected chi connectivity index (χ3v) is 5.81. The average Bonchev–Trinajstić information content (AvgIpc) is 3.06. The Hall–Kier alpha value is -2.24. The second-order valence-electron chi connectivity index (χ2n) is 6.87. The molecule has 27 heavy (non-hydrogen) atoms. The van der Waals surface area contributed by atoms with Gasteiger partial charge in [-0.3, -0.25) is 9.59 Å². The number of hydrogen-bond donors (Lipinski definition) is 2. The van der Waals surface area contributed by atoms with Gasteiger partial charge in [0, 0.05) is 29.1 Å². The first kappa shape index (κ1) is 18.1. The van der Waals surface area contributed by atoms with Crippen LogP contribution in [0.2, 0.25) is 10.0 Å². The van der Waals surface area contributed by atoms with Crippen LogP contribution in [0.1, 0.15) is 18.4 Å². The highest BCUT2D eigenvalue weighted by Crippen LogP contribution is 2.36. The molecule has 0 saturated carbocycles. The molecular weight excluding hydrogens is 385 g/mol. The number of rotatable bonds is 4. The Bertz CT molecular complexity index is 882. The van der Waals surface area contributed by atoms with E-state index < -0.39 is 0 Å². The fourth-order valence-electron chi connectivity index (χ4n) is 3.81. The Morgan fingerprint density at radius 3 is 2.67 bits per heavy atom. The predicted octanol–water partition coefficient (Wildman–Crippen LogP) is 3.64. The van der Waals surface area contributed by atoms with Crippen LogP contribution < -0.4 is 15.5 Å². The van der Waals surface area contributed by atoms with Crippen molar-refractivity contribution in [1.29, 1.82) is 0 Å². The summed E-state index contributed by atoms with van der Waals surface area (Å²) < 4.78 is 0. The van der Waals surface area contributed by atoms with Crippen LogP contribution in [0.5, 0.6) is 0 Å². The van der Waals surface area contributed by atoms with Crippen molar-refractivity contribution in [1.82, 2.24) is 5.32 Å². The minimum Gasteiger partial charge on any atom is -0.356 e. The maximum Gasteiger partial charge on any atom is 0.247 e. The van der Waals surface area contributed by atoms with Crippen molar-refractivity contribution in [2.75, 3.05) is 16.8 Å². The molecule has 4 rings (SSSR count). The maximum atomic E-state index is 12.4. The summed E-state index contributed by atoms with van der Waals surface area (Å²) in [6.07, 6.45) is 1.37. The highest BCUT2D eigenvalue weighted by molar-refractivity contribution is 6.36. The second kappa shape index (κ2) is 7.41. The van der Waals surface area contributed by atoms with Crippen LogP contribution >= 0.6 is 23.2 Å². The Balaban J connectivity index is 1.39. The molecule has 1 saturated heterocycles. The molecule has 5 nitrogen and oxygen atoms in total. The van der Waals surface area contributed by atoms with Crippen molar-refractivity contribution in [3.8, 4) is 0 Å². The summed E-state index contributed by atoms with van der Waals surface area (Å²) in [4.78, 5) is 26.8. The zero-order valence-corrected chi connectivity index (χ0v) is 16.1. The first-order valence-corrected chi connectivity index (χ1v) is 9.67. The lowest BCUT2D eigenvalue weighted by atomic mass is 10.1. The number of nitrogens with one attached hydrogen (secondary N) is 2. The third kappa shape index (κ3) is 3.62. The Morgan fingerprint density at radius 2 is 1.89 bits per heavy atom. The van der Waals surface area contributed by atoms with Gasteiger partial charge in [0.15, 0.2) is 0 Å². The smallest absolute Gasteiger partial charge is 0.247 e. The van der Waals surface area contributed by atoms with E-state index in [1.165, 1.54) is 0 Å². The molecule has 2 aromatic carbocycles. The number of benzene rings is 2. The van der Waals surface area contributed by atoms with Gasteiger partial charge in [0.2, 0.25) is 11.8 Å². The normalized spacial score (nSPS) is 20.7. The molecule has 0 spiro atoms. The summed E-state index contributed by atoms with van der Waals surface area (Å²) in [5.41, 5.74) is 2.61. The number of halogens is 2. The number of amides is 2. The van der Waals surface area contributed by atoms with Crippen LogP contribution in [0.4, 0.5) is 11.4 Å². The fraction of sp³-hybridized carbons (Fsp3) is 0.300. The minimum absolute atomic E-state index is 0.0201. The topological polar surface area (TPSA) is 61.4 Å². The molecule has 7 heteroatoms. The number of para-hydroxylation sites is 2. The SMILES string of the molecule is O=C(CCc1c(Cl)cccc1Cl)NC1CC2C(=O)Nc3ccccc3N2C1. The highest BCUT2D eigenvalue weighted by atomic mass is 35.5. The summed E-state index contributed by atoms with van der Waals surface area (Å²) >= 11 is 12.3. The summed E-state index contributed by atoms with van der Waals surface area (Å²) in [6.45, 7) is 0.619. The molecule has 2 heterocycles. The van der Waals surface area contributed by atoms with E-state index in [1.54, 1.807) is 18.2 Å². The van der Waals surface area contributed by atoms with E-state index >= 15 is 0 Å². The van der Waals surface area contributed by atoms with Gasteiger partial charge in [0.1, 0.15) is 6.04 Å². The van der Waals surface area contributed by atoms with Crippen molar-refractivity contribution >= 4 is 46.4 Å². The molecule has 0 bridgehead atoms. The number of nitrogens with zero attached hydrogens (tertiary/aromatic N) is 1. The molecule has 2 amide bonds. The standard InChI is InChI=1S/C20H19Cl2N3O2/c21-14-4-3-5-15(22)13(14)8-9-19(26)23-12-10-18-20(27)24-16-6-1-2-7-17(16)25(18)11-12/h1-7,12,18H,8-11H2,(H,23,26)(H,24,27). The maximum absolute atomic E-state index is 12.4. The van der Waals surface area contributed by atoms with E-state index in [9.17, 15) is 9.59 Å². The van der Waals surface area contributed by atoms with Crippen LogP contribution in [0.15, 0.2) is 42.5 Å². The summed E-state index contributed by atoms with van der Waals surface area (Å²) in [6, 6.07) is 12.7.